The van der Waals surface area contributed by atoms with Gasteiger partial charge in [0.2, 0.25) is 0 Å². The van der Waals surface area contributed by atoms with Crippen molar-refractivity contribution in [1.82, 2.24) is 23.6 Å². The van der Waals surface area contributed by atoms with Crippen LogP contribution in [-0.2, 0) is 40.2 Å². The second-order valence-corrected chi connectivity index (χ2v) is 8.37. The summed E-state index contributed by atoms with van der Waals surface area (Å²) in [4.78, 5) is 18.9. The molecule has 168 valence electrons. The van der Waals surface area contributed by atoms with Gasteiger partial charge in [0, 0.05) is 51.6 Å². The summed E-state index contributed by atoms with van der Waals surface area (Å²) in [5.41, 5.74) is 5.47. The van der Waals surface area contributed by atoms with Crippen LogP contribution < -0.4 is 10.4 Å². The molecule has 0 aliphatic carbocycles. The lowest BCUT2D eigenvalue weighted by Crippen LogP contribution is -2.19. The maximum absolute atomic E-state index is 12.2. The molecule has 7 heteroatoms. The molecule has 2 aromatic carbocycles. The molecule has 0 spiro atoms. The quantitative estimate of drug-likeness (QED) is 0.428. The van der Waals surface area contributed by atoms with Crippen LogP contribution in [0, 0.1) is 0 Å². The highest BCUT2D eigenvalue weighted by atomic mass is 16.5. The fourth-order valence-corrected chi connectivity index (χ4v) is 4.37. The van der Waals surface area contributed by atoms with Gasteiger partial charge < -0.3 is 9.30 Å². The van der Waals surface area contributed by atoms with Gasteiger partial charge in [0.25, 0.3) is 0 Å². The average Bonchev–Trinajstić information content (AvgIpc) is 3.32. The average molecular weight is 434 g/mol. The Labute approximate surface area is 188 Å². The predicted molar refractivity (Wildman–Crippen MR) is 127 cm³/mol. The third kappa shape index (κ3) is 4.21. The van der Waals surface area contributed by atoms with Crippen molar-refractivity contribution in [1.29, 1.82) is 0 Å². The van der Waals surface area contributed by atoms with Gasteiger partial charge in [-0.25, -0.2) is 9.78 Å². The largest absolute Gasteiger partial charge is 0.496 e. The summed E-state index contributed by atoms with van der Waals surface area (Å²) in [6.45, 7) is 4.46. The van der Waals surface area contributed by atoms with Crippen molar-refractivity contribution >= 4 is 11.0 Å². The number of ether oxygens (including phenoxy) is 1. The molecule has 4 aromatic rings. The number of hydrogen-bond acceptors (Lipinski definition) is 4. The van der Waals surface area contributed by atoms with Gasteiger partial charge in [-0.2, -0.15) is 0 Å². The molecule has 0 saturated carbocycles. The van der Waals surface area contributed by atoms with E-state index in [1.54, 1.807) is 16.2 Å². The highest BCUT2D eigenvalue weighted by Crippen LogP contribution is 2.23. The standard InChI is InChI=1S/C25H31N5O2/c1-6-24-26-11-12-30(24)17-20-13-18(8-10-23(20)32-5)15-27(2)16-19-7-9-21-22(14-19)29(4)25(31)28(21)3/h7-14H,6,15-17H2,1-5H3. The molecular formula is C25H31N5O2. The number of methoxy groups -OCH3 is 1. The smallest absolute Gasteiger partial charge is 0.328 e. The van der Waals surface area contributed by atoms with Gasteiger partial charge in [0.05, 0.1) is 24.7 Å². The molecule has 0 atom stereocenters. The number of fused-ring (bicyclic) bond motifs is 1. The van der Waals surface area contributed by atoms with Crippen LogP contribution in [-0.4, -0.2) is 37.7 Å². The molecule has 0 fully saturated rings. The van der Waals surface area contributed by atoms with Gasteiger partial charge in [-0.15, -0.1) is 0 Å². The first-order valence-corrected chi connectivity index (χ1v) is 10.9. The molecule has 0 amide bonds. The van der Waals surface area contributed by atoms with Crippen molar-refractivity contribution in [3.8, 4) is 5.75 Å². The normalized spacial score (nSPS) is 11.6. The fourth-order valence-electron chi connectivity index (χ4n) is 4.37. The first kappa shape index (κ1) is 21.9. The van der Waals surface area contributed by atoms with Crippen LogP contribution in [0.1, 0.15) is 29.4 Å². The maximum Gasteiger partial charge on any atom is 0.328 e. The summed E-state index contributed by atoms with van der Waals surface area (Å²) in [6.07, 6.45) is 4.77. The molecule has 7 nitrogen and oxygen atoms in total. The lowest BCUT2D eigenvalue weighted by Gasteiger charge is -2.19. The number of imidazole rings is 2. The zero-order chi connectivity index (χ0) is 22.8. The number of rotatable bonds is 8. The molecule has 0 aliphatic heterocycles. The minimum Gasteiger partial charge on any atom is -0.496 e. The Morgan fingerprint density at radius 2 is 1.69 bits per heavy atom. The van der Waals surface area contributed by atoms with Crippen molar-refractivity contribution in [3.63, 3.8) is 0 Å². The number of nitrogens with zero attached hydrogens (tertiary/aromatic N) is 5. The first-order valence-electron chi connectivity index (χ1n) is 10.9. The lowest BCUT2D eigenvalue weighted by atomic mass is 10.1. The van der Waals surface area contributed by atoms with Crippen molar-refractivity contribution in [2.75, 3.05) is 14.2 Å². The highest BCUT2D eigenvalue weighted by molar-refractivity contribution is 5.76. The van der Waals surface area contributed by atoms with Crippen molar-refractivity contribution in [2.24, 2.45) is 14.1 Å². The summed E-state index contributed by atoms with van der Waals surface area (Å²) in [5, 5.41) is 0. The molecule has 0 unspecified atom stereocenters. The van der Waals surface area contributed by atoms with E-state index >= 15 is 0 Å². The minimum atomic E-state index is 0.000361. The van der Waals surface area contributed by atoms with Crippen LogP contribution in [0.5, 0.6) is 5.75 Å². The zero-order valence-corrected chi connectivity index (χ0v) is 19.5. The van der Waals surface area contributed by atoms with Crippen molar-refractivity contribution in [3.05, 3.63) is 81.8 Å². The zero-order valence-electron chi connectivity index (χ0n) is 19.5. The van der Waals surface area contributed by atoms with E-state index in [0.717, 1.165) is 54.2 Å². The van der Waals surface area contributed by atoms with E-state index in [1.165, 1.54) is 11.1 Å². The van der Waals surface area contributed by atoms with E-state index in [4.69, 9.17) is 4.74 Å². The van der Waals surface area contributed by atoms with Crippen LogP contribution in [0.2, 0.25) is 0 Å². The van der Waals surface area contributed by atoms with Crippen LogP contribution in [0.25, 0.3) is 11.0 Å². The van der Waals surface area contributed by atoms with Crippen LogP contribution in [0.3, 0.4) is 0 Å². The molecule has 2 aromatic heterocycles. The Bertz CT molecular complexity index is 1300. The number of benzene rings is 2. The van der Waals surface area contributed by atoms with E-state index in [1.807, 2.05) is 38.6 Å². The number of hydrogen-bond donors (Lipinski definition) is 0. The second kappa shape index (κ2) is 9.04. The van der Waals surface area contributed by atoms with E-state index in [-0.39, 0.29) is 5.69 Å². The summed E-state index contributed by atoms with van der Waals surface area (Å²) in [6, 6.07) is 12.6. The van der Waals surface area contributed by atoms with E-state index in [2.05, 4.69) is 52.7 Å². The van der Waals surface area contributed by atoms with Crippen molar-refractivity contribution in [2.45, 2.75) is 33.0 Å². The van der Waals surface area contributed by atoms with E-state index in [0.29, 0.717) is 0 Å². The van der Waals surface area contributed by atoms with Crippen molar-refractivity contribution < 1.29 is 4.74 Å². The molecule has 0 saturated heterocycles. The lowest BCUT2D eigenvalue weighted by molar-refractivity contribution is 0.318. The fraction of sp³-hybridized carbons (Fsp3) is 0.360. The Kier molecular flexibility index (Phi) is 6.19. The van der Waals surface area contributed by atoms with Gasteiger partial charge in [0.1, 0.15) is 11.6 Å². The predicted octanol–water partition coefficient (Wildman–Crippen LogP) is 3.32. The molecule has 2 heterocycles. The van der Waals surface area contributed by atoms with Gasteiger partial charge in [-0.05, 0) is 42.4 Å². The molecule has 0 aliphatic rings. The van der Waals surface area contributed by atoms with E-state index in [9.17, 15) is 4.79 Å². The topological polar surface area (TPSA) is 57.2 Å². The third-order valence-corrected chi connectivity index (χ3v) is 6.04. The summed E-state index contributed by atoms with van der Waals surface area (Å²) >= 11 is 0. The molecule has 4 rings (SSSR count). The summed E-state index contributed by atoms with van der Waals surface area (Å²) < 4.78 is 11.2. The molecular weight excluding hydrogens is 402 g/mol. The Morgan fingerprint density at radius 1 is 1.00 bits per heavy atom. The molecule has 0 radical (unpaired) electrons. The highest BCUT2D eigenvalue weighted by Gasteiger charge is 2.12. The summed E-state index contributed by atoms with van der Waals surface area (Å²) in [5.74, 6) is 1.96. The van der Waals surface area contributed by atoms with E-state index < -0.39 is 0 Å². The number of aryl methyl sites for hydroxylation is 3. The van der Waals surface area contributed by atoms with Gasteiger partial charge in [0.15, 0.2) is 0 Å². The Morgan fingerprint density at radius 3 is 2.41 bits per heavy atom. The van der Waals surface area contributed by atoms with Gasteiger partial charge in [-0.1, -0.05) is 19.1 Å². The molecule has 0 N–H and O–H groups in total. The third-order valence-electron chi connectivity index (χ3n) is 6.04. The monoisotopic (exact) mass is 433 g/mol. The first-order chi connectivity index (χ1) is 15.4. The van der Waals surface area contributed by atoms with Crippen LogP contribution >= 0.6 is 0 Å². The van der Waals surface area contributed by atoms with Gasteiger partial charge in [-0.3, -0.25) is 14.0 Å². The molecule has 32 heavy (non-hydrogen) atoms. The minimum absolute atomic E-state index is 0.000361. The SMILES string of the molecule is CCc1nccn1Cc1cc(CN(C)Cc2ccc3c(c2)n(C)c(=O)n3C)ccc1OC. The molecule has 0 bridgehead atoms. The Balaban J connectivity index is 1.52. The van der Waals surface area contributed by atoms with Crippen LogP contribution in [0.15, 0.2) is 53.6 Å². The van der Waals surface area contributed by atoms with Gasteiger partial charge >= 0.3 is 5.69 Å². The maximum atomic E-state index is 12.2. The Hall–Kier alpha value is -3.32. The second-order valence-electron chi connectivity index (χ2n) is 8.37. The number of aromatic nitrogens is 4. The summed E-state index contributed by atoms with van der Waals surface area (Å²) in [7, 11) is 7.46. The van der Waals surface area contributed by atoms with Crippen LogP contribution in [0.4, 0.5) is 0 Å².